The number of likely N-dealkylation sites (N-methyl/N-ethyl adjacent to an activating group) is 1. The van der Waals surface area contributed by atoms with E-state index in [1.807, 2.05) is 97.9 Å². The number of nitrogens with zero attached hydrogens (tertiary/aromatic N) is 6. The van der Waals surface area contributed by atoms with E-state index in [4.69, 9.17) is 14.5 Å². The zero-order chi connectivity index (χ0) is 37.5. The number of benzene rings is 3. The maximum atomic E-state index is 14.2. The van der Waals surface area contributed by atoms with Crippen molar-refractivity contribution in [2.24, 2.45) is 13.0 Å². The second-order valence-corrected chi connectivity index (χ2v) is 13.1. The third kappa shape index (κ3) is 8.33. The number of hydrogen-bond acceptors (Lipinski definition) is 8. The molecule has 2 aromatic heterocycles. The number of carbonyl (C=O) groups is 3. The third-order valence-corrected chi connectivity index (χ3v) is 9.66. The highest BCUT2D eigenvalue weighted by Gasteiger charge is 2.55. The summed E-state index contributed by atoms with van der Waals surface area (Å²) in [4.78, 5) is 51.3. The van der Waals surface area contributed by atoms with Gasteiger partial charge in [-0.2, -0.15) is 5.10 Å². The van der Waals surface area contributed by atoms with E-state index in [0.717, 1.165) is 38.7 Å². The summed E-state index contributed by atoms with van der Waals surface area (Å²) in [6, 6.07) is 27.2. The second kappa shape index (κ2) is 16.4. The van der Waals surface area contributed by atoms with Gasteiger partial charge in [-0.05, 0) is 71.5 Å². The molecule has 274 valence electrons. The van der Waals surface area contributed by atoms with Crippen LogP contribution in [0.1, 0.15) is 41.6 Å². The fourth-order valence-corrected chi connectivity index (χ4v) is 6.62. The summed E-state index contributed by atoms with van der Waals surface area (Å²) in [5.74, 6) is 0.699. The molecule has 0 aliphatic carbocycles. The van der Waals surface area contributed by atoms with Gasteiger partial charge in [0.25, 0.3) is 5.91 Å². The fourth-order valence-electron chi connectivity index (χ4n) is 6.62. The predicted octanol–water partition coefficient (Wildman–Crippen LogP) is 5.93. The number of aryl methyl sites for hydroxylation is 1. The highest BCUT2D eigenvalue weighted by atomic mass is 16.5. The van der Waals surface area contributed by atoms with Crippen LogP contribution in [0.4, 0.5) is 16.3 Å². The molecule has 12 heteroatoms. The lowest BCUT2D eigenvalue weighted by Crippen LogP contribution is -2.70. The number of carbonyl (C=O) groups excluding carboxylic acids is 3. The van der Waals surface area contributed by atoms with Crippen molar-refractivity contribution in [2.45, 2.75) is 44.9 Å². The molecule has 1 fully saturated rings. The standard InChI is InChI=1S/C41H45N7O5/c1-6-36(31-10-8-7-9-11-31)44-41(51)48-38(40(50)46(3)32-24-43-45(2)27-32)35(39(48)49)22-30-20-21-42-37(23-30)47(25-28-12-16-33(52-4)17-13-28)26-29-14-18-34(53-5)19-15-29/h7-21,23-24,27,35-36,38H,6,22,25-26H2,1-5H3,(H,44,51)/t35-,36?,38+/m1/s1. The number of likely N-dealkylation sites (tertiary alicyclic amines) is 1. The van der Waals surface area contributed by atoms with Gasteiger partial charge in [0.15, 0.2) is 0 Å². The lowest BCUT2D eigenvalue weighted by molar-refractivity contribution is -0.156. The Bertz CT molecular complexity index is 1970. The summed E-state index contributed by atoms with van der Waals surface area (Å²) in [6.07, 6.45) is 5.87. The molecule has 1 aliphatic heterocycles. The normalized spacial score (nSPS) is 15.6. The van der Waals surface area contributed by atoms with Crippen molar-refractivity contribution in [1.82, 2.24) is 25.0 Å². The van der Waals surface area contributed by atoms with Gasteiger partial charge in [0, 0.05) is 39.6 Å². The number of pyridine rings is 1. The first-order valence-electron chi connectivity index (χ1n) is 17.6. The Morgan fingerprint density at radius 3 is 2.06 bits per heavy atom. The molecule has 3 heterocycles. The van der Waals surface area contributed by atoms with E-state index in [0.29, 0.717) is 31.0 Å². The number of nitrogens with one attached hydrogen (secondary N) is 1. The Labute approximate surface area is 309 Å². The zero-order valence-electron chi connectivity index (χ0n) is 30.7. The molecule has 0 saturated carbocycles. The average Bonchev–Trinajstić information content (AvgIpc) is 3.64. The third-order valence-electron chi connectivity index (χ3n) is 9.66. The largest absolute Gasteiger partial charge is 0.497 e. The lowest BCUT2D eigenvalue weighted by atomic mass is 9.81. The van der Waals surface area contributed by atoms with Crippen molar-refractivity contribution in [3.8, 4) is 11.5 Å². The maximum Gasteiger partial charge on any atom is 0.325 e. The van der Waals surface area contributed by atoms with Crippen molar-refractivity contribution >= 4 is 29.4 Å². The summed E-state index contributed by atoms with van der Waals surface area (Å²) in [5.41, 5.74) is 4.42. The molecular weight excluding hydrogens is 670 g/mol. The topological polar surface area (TPSA) is 122 Å². The van der Waals surface area contributed by atoms with Gasteiger partial charge in [-0.25, -0.2) is 9.78 Å². The zero-order valence-corrected chi connectivity index (χ0v) is 30.7. The minimum Gasteiger partial charge on any atom is -0.497 e. The van der Waals surface area contributed by atoms with E-state index in [1.165, 1.54) is 4.90 Å². The predicted molar refractivity (Wildman–Crippen MR) is 203 cm³/mol. The first-order valence-corrected chi connectivity index (χ1v) is 17.6. The van der Waals surface area contributed by atoms with E-state index >= 15 is 0 Å². The highest BCUT2D eigenvalue weighted by Crippen LogP contribution is 2.34. The summed E-state index contributed by atoms with van der Waals surface area (Å²) in [7, 11) is 6.68. The van der Waals surface area contributed by atoms with E-state index in [2.05, 4.69) is 15.3 Å². The SMILES string of the molecule is CCC(NC(=O)N1C(=O)[C@H](Cc2ccnc(N(Cc3ccc(OC)cc3)Cc3ccc(OC)cc3)c2)[C@H]1C(=O)N(C)c1cnn(C)c1)c1ccccc1. The molecule has 1 saturated heterocycles. The summed E-state index contributed by atoms with van der Waals surface area (Å²) >= 11 is 0. The monoisotopic (exact) mass is 715 g/mol. The van der Waals surface area contributed by atoms with Gasteiger partial charge >= 0.3 is 6.03 Å². The van der Waals surface area contributed by atoms with Crippen LogP contribution in [0.5, 0.6) is 11.5 Å². The summed E-state index contributed by atoms with van der Waals surface area (Å²) in [5, 5.41) is 7.20. The first-order chi connectivity index (χ1) is 25.7. The molecule has 1 aliphatic rings. The minimum atomic E-state index is -1.02. The summed E-state index contributed by atoms with van der Waals surface area (Å²) < 4.78 is 12.3. The minimum absolute atomic E-state index is 0.240. The first kappa shape index (κ1) is 36.6. The van der Waals surface area contributed by atoms with E-state index in [-0.39, 0.29) is 18.4 Å². The number of anilines is 2. The van der Waals surface area contributed by atoms with Crippen molar-refractivity contribution in [1.29, 1.82) is 0 Å². The second-order valence-electron chi connectivity index (χ2n) is 13.1. The molecule has 6 rings (SSSR count). The molecule has 0 spiro atoms. The van der Waals surface area contributed by atoms with Crippen molar-refractivity contribution in [2.75, 3.05) is 31.1 Å². The molecule has 5 aromatic rings. The van der Waals surface area contributed by atoms with Crippen LogP contribution >= 0.6 is 0 Å². The number of amides is 4. The molecule has 12 nitrogen and oxygen atoms in total. The van der Waals surface area contributed by atoms with Gasteiger partial charge in [-0.1, -0.05) is 61.5 Å². The number of aromatic nitrogens is 3. The van der Waals surface area contributed by atoms with Crippen molar-refractivity contribution in [3.63, 3.8) is 0 Å². The molecule has 4 amide bonds. The number of methoxy groups -OCH3 is 2. The van der Waals surface area contributed by atoms with Crippen molar-refractivity contribution in [3.05, 3.63) is 132 Å². The van der Waals surface area contributed by atoms with Gasteiger partial charge in [0.05, 0.1) is 38.1 Å². The number of urea groups is 1. The number of β-lactam (4-membered cyclic amide) rings is 1. The molecular formula is C41H45N7O5. The van der Waals surface area contributed by atoms with Gasteiger partial charge in [0.1, 0.15) is 23.4 Å². The van der Waals surface area contributed by atoms with Crippen LogP contribution < -0.4 is 24.6 Å². The smallest absolute Gasteiger partial charge is 0.325 e. The maximum absolute atomic E-state index is 14.2. The molecule has 1 N–H and O–H groups in total. The lowest BCUT2D eigenvalue weighted by Gasteiger charge is -2.46. The molecule has 3 atom stereocenters. The number of ether oxygens (including phenoxy) is 2. The average molecular weight is 716 g/mol. The number of imide groups is 1. The van der Waals surface area contributed by atoms with Gasteiger partial charge in [-0.15, -0.1) is 0 Å². The molecule has 0 bridgehead atoms. The van der Waals surface area contributed by atoms with E-state index in [1.54, 1.807) is 51.6 Å². The Kier molecular flexibility index (Phi) is 11.4. The Morgan fingerprint density at radius 2 is 1.51 bits per heavy atom. The van der Waals surface area contributed by atoms with E-state index in [9.17, 15) is 14.4 Å². The highest BCUT2D eigenvalue weighted by molar-refractivity contribution is 6.12. The number of rotatable bonds is 14. The van der Waals surface area contributed by atoms with Crippen LogP contribution in [0.3, 0.4) is 0 Å². The van der Waals surface area contributed by atoms with Crippen LogP contribution in [0, 0.1) is 5.92 Å². The Balaban J connectivity index is 1.27. The molecule has 1 unspecified atom stereocenters. The van der Waals surface area contributed by atoms with Crippen LogP contribution in [-0.4, -0.2) is 64.8 Å². The van der Waals surface area contributed by atoms with Crippen LogP contribution in [-0.2, 0) is 36.1 Å². The van der Waals surface area contributed by atoms with E-state index < -0.39 is 23.9 Å². The number of hydrogen-bond donors (Lipinski definition) is 1. The molecule has 53 heavy (non-hydrogen) atoms. The Hall–Kier alpha value is -6.17. The Morgan fingerprint density at radius 1 is 0.887 bits per heavy atom. The van der Waals surface area contributed by atoms with Gasteiger partial charge < -0.3 is 24.6 Å². The molecule has 3 aromatic carbocycles. The van der Waals surface area contributed by atoms with Crippen LogP contribution in [0.15, 0.2) is 110 Å². The molecule has 0 radical (unpaired) electrons. The quantitative estimate of drug-likeness (QED) is 0.141. The fraction of sp³-hybridized carbons (Fsp3) is 0.293. The van der Waals surface area contributed by atoms with Crippen LogP contribution in [0.2, 0.25) is 0 Å². The van der Waals surface area contributed by atoms with Gasteiger partial charge in [0.2, 0.25) is 5.91 Å². The summed E-state index contributed by atoms with van der Waals surface area (Å²) in [6.45, 7) is 3.07. The van der Waals surface area contributed by atoms with Crippen molar-refractivity contribution < 1.29 is 23.9 Å². The van der Waals surface area contributed by atoms with Crippen LogP contribution in [0.25, 0.3) is 0 Å². The van der Waals surface area contributed by atoms with Gasteiger partial charge in [-0.3, -0.25) is 19.2 Å².